The smallest absolute Gasteiger partial charge is 0.416 e. The zero-order chi connectivity index (χ0) is 78.6. The highest BCUT2D eigenvalue weighted by atomic mass is 35.5. The minimum absolute atomic E-state index is 0.0788. The number of aromatic nitrogens is 5. The fraction of sp³-hybridized carbons (Fsp3) is 0.337. The molecule has 578 valence electrons. The van der Waals surface area contributed by atoms with Gasteiger partial charge in [0, 0.05) is 207 Å². The number of nitrogens with zero attached hydrogens (tertiary/aromatic N) is 10. The largest absolute Gasteiger partial charge is 0.503 e. The number of aromatic hydroxyl groups is 5. The Morgan fingerprint density at radius 2 is 0.773 bits per heavy atom. The van der Waals surface area contributed by atoms with Gasteiger partial charge in [0.1, 0.15) is 0 Å². The van der Waals surface area contributed by atoms with Crippen molar-refractivity contribution in [3.05, 3.63) is 315 Å². The van der Waals surface area contributed by atoms with E-state index in [0.717, 1.165) is 139 Å². The predicted molar refractivity (Wildman–Crippen MR) is 421 cm³/mol. The SMILES string of the molecule is CC(c1cc(Cl)ccc1Cl)N1CCn2cc(O)c(=O)cc2C1.CC(c1ccc(C(F)(F)F)cc1)N1CCn2cc(O)c(=O)cc2C1.CC(c1cccc(Cl)c1)N1CCn2cc(O)c(=O)cc2C1.Cc1cccc(C(C)N2CCn3cc(O)c(=O)cc3C2)c1.O=c1cc2n(cc1O)CCN(C1CCc3c(Cl)cccc31)C2. The first-order valence-electron chi connectivity index (χ1n) is 36.5. The van der Waals surface area contributed by atoms with E-state index in [0.29, 0.717) is 61.4 Å². The Bertz CT molecular complexity index is 5220. The van der Waals surface area contributed by atoms with Crippen LogP contribution >= 0.6 is 46.4 Å². The van der Waals surface area contributed by atoms with Gasteiger partial charge in [-0.3, -0.25) is 48.5 Å². The zero-order valence-corrected chi connectivity index (χ0v) is 64.5. The van der Waals surface area contributed by atoms with Gasteiger partial charge in [-0.15, -0.1) is 0 Å². The monoisotopic (exact) mass is 1580 g/mol. The number of hydrogen-bond acceptors (Lipinski definition) is 15. The summed E-state index contributed by atoms with van der Waals surface area (Å²) in [6, 6.07) is 41.6. The summed E-state index contributed by atoms with van der Waals surface area (Å²) in [7, 11) is 0. The highest BCUT2D eigenvalue weighted by Crippen LogP contribution is 2.41. The van der Waals surface area contributed by atoms with Crippen molar-refractivity contribution < 1.29 is 38.7 Å². The number of pyridine rings is 5. The van der Waals surface area contributed by atoms with Gasteiger partial charge >= 0.3 is 6.18 Å². The van der Waals surface area contributed by atoms with Gasteiger partial charge in [0.25, 0.3) is 0 Å². The van der Waals surface area contributed by atoms with Crippen LogP contribution in [-0.2, 0) is 78.0 Å². The Labute approximate surface area is 654 Å². The summed E-state index contributed by atoms with van der Waals surface area (Å²) in [5, 5.41) is 50.5. The van der Waals surface area contributed by atoms with Crippen molar-refractivity contribution in [3.8, 4) is 28.7 Å². The Morgan fingerprint density at radius 1 is 0.391 bits per heavy atom. The van der Waals surface area contributed by atoms with Crippen molar-refractivity contribution >= 4 is 46.4 Å². The van der Waals surface area contributed by atoms with E-state index in [-0.39, 0.29) is 68.6 Å². The van der Waals surface area contributed by atoms with Gasteiger partial charge in [0.05, 0.1) is 36.5 Å². The molecular weight excluding hydrogens is 1500 g/mol. The Kier molecular flexibility index (Phi) is 25.1. The van der Waals surface area contributed by atoms with E-state index >= 15 is 0 Å². The molecule has 0 saturated carbocycles. The molecule has 5 aromatic carbocycles. The van der Waals surface area contributed by atoms with Crippen LogP contribution in [0.4, 0.5) is 13.2 Å². The van der Waals surface area contributed by atoms with Crippen molar-refractivity contribution in [1.82, 2.24) is 47.3 Å². The summed E-state index contributed by atoms with van der Waals surface area (Å²) in [4.78, 5) is 69.4. The van der Waals surface area contributed by atoms with Gasteiger partial charge in [0.15, 0.2) is 28.7 Å². The highest BCUT2D eigenvalue weighted by molar-refractivity contribution is 6.33. The Hall–Kier alpha value is -9.40. The molecule has 5 unspecified atom stereocenters. The van der Waals surface area contributed by atoms with Gasteiger partial charge in [0.2, 0.25) is 27.1 Å². The molecule has 5 aromatic heterocycles. The fourth-order valence-corrected chi connectivity index (χ4v) is 16.1. The first kappa shape index (κ1) is 80.1. The molecule has 0 saturated heterocycles. The van der Waals surface area contributed by atoms with Crippen LogP contribution in [0.5, 0.6) is 28.7 Å². The fourth-order valence-electron chi connectivity index (χ4n) is 15.2. The van der Waals surface area contributed by atoms with Crippen molar-refractivity contribution in [1.29, 1.82) is 0 Å². The lowest BCUT2D eigenvalue weighted by Gasteiger charge is -2.35. The van der Waals surface area contributed by atoms with Crippen molar-refractivity contribution in [3.63, 3.8) is 0 Å². The number of halogens is 7. The molecule has 0 fully saturated rings. The van der Waals surface area contributed by atoms with Gasteiger partial charge in [-0.05, 0) is 129 Å². The zero-order valence-electron chi connectivity index (χ0n) is 61.5. The third-order valence-electron chi connectivity index (χ3n) is 21.7. The highest BCUT2D eigenvalue weighted by Gasteiger charge is 2.34. The molecule has 6 aliphatic rings. The van der Waals surface area contributed by atoms with Crippen LogP contribution in [0.1, 0.15) is 137 Å². The second-order valence-electron chi connectivity index (χ2n) is 28.7. The molecule has 5 atom stereocenters. The summed E-state index contributed by atoms with van der Waals surface area (Å²) < 4.78 is 47.6. The van der Waals surface area contributed by atoms with E-state index in [2.05, 4.69) is 88.6 Å². The molecule has 110 heavy (non-hydrogen) atoms. The molecule has 10 aromatic rings. The van der Waals surface area contributed by atoms with E-state index in [9.17, 15) is 62.7 Å². The quantitative estimate of drug-likeness (QED) is 0.0905. The number of hydrogen-bond donors (Lipinski definition) is 5. The molecule has 16 rings (SSSR count). The molecule has 1 aliphatic carbocycles. The lowest BCUT2D eigenvalue weighted by molar-refractivity contribution is -0.137. The van der Waals surface area contributed by atoms with Gasteiger partial charge in [-0.2, -0.15) is 13.2 Å². The molecule has 5 N–H and O–H groups in total. The van der Waals surface area contributed by atoms with Crippen LogP contribution in [0.2, 0.25) is 20.1 Å². The molecule has 0 amide bonds. The maximum absolute atomic E-state index is 12.6. The lowest BCUT2D eigenvalue weighted by Crippen LogP contribution is -2.37. The van der Waals surface area contributed by atoms with Crippen LogP contribution in [0, 0.1) is 6.92 Å². The molecule has 10 heterocycles. The van der Waals surface area contributed by atoms with Crippen molar-refractivity contribution in [2.24, 2.45) is 0 Å². The third-order valence-corrected chi connectivity index (χ3v) is 22.9. The van der Waals surface area contributed by atoms with Crippen LogP contribution < -0.4 is 27.1 Å². The summed E-state index contributed by atoms with van der Waals surface area (Å²) in [5.41, 5.74) is 10.2. The minimum Gasteiger partial charge on any atom is -0.503 e. The Morgan fingerprint density at radius 3 is 1.20 bits per heavy atom. The normalized spacial score (nSPS) is 17.3. The standard InChI is InChI=1S/C17H17ClN2O2.C17H17F3N2O2.C17H20N2O2.C16H16Cl2N2O2.C16H17ClN2O2/c18-14-3-1-2-13-12(14)4-5-15(13)20-7-6-19-10-17(22)16(21)8-11(19)9-20;1-11(12-2-4-13(5-3-12)17(18,19)20)21-6-7-22-10-16(24)15(23)8-14(22)9-21;1-12-4-3-5-14(8-12)13(2)18-6-7-19-11-17(21)16(20)9-15(19)10-18;1-10(13-6-11(17)2-3-14(13)18)19-4-5-20-9-16(22)15(21)7-12(20)8-19;1-11(12-3-2-4-13(17)7-12)18-5-6-19-10-16(21)15(20)8-14(19)9-18/h1-3,8,10,15,22H,4-7,9H2;2-5,8,10-11,24H,6-7,9H2,1H3;3-5,8-9,11,13,21H,6-7,10H2,1-2H3;2-3,6-7,9-10,22H,4-5,8H2,1H3;2-4,7-8,10-11,21H,5-6,9H2,1H3. The maximum atomic E-state index is 12.6. The molecule has 27 heteroatoms. The minimum atomic E-state index is -4.34. The van der Waals surface area contributed by atoms with Gasteiger partial charge in [-0.25, -0.2) is 0 Å². The van der Waals surface area contributed by atoms with Crippen LogP contribution in [0.3, 0.4) is 0 Å². The van der Waals surface area contributed by atoms with Crippen molar-refractivity contribution in [2.75, 3.05) is 32.7 Å². The van der Waals surface area contributed by atoms with E-state index in [4.69, 9.17) is 46.4 Å². The molecule has 0 spiro atoms. The number of aryl methyl sites for hydroxylation is 1. The predicted octanol–water partition coefficient (Wildman–Crippen LogP) is 14.5. The molecular formula is C83H87Cl4F3N10O10. The first-order chi connectivity index (χ1) is 52.4. The molecule has 0 radical (unpaired) electrons. The van der Waals surface area contributed by atoms with Crippen LogP contribution in [0.15, 0.2) is 194 Å². The van der Waals surface area contributed by atoms with Crippen molar-refractivity contribution in [2.45, 2.75) is 149 Å². The molecule has 5 aliphatic heterocycles. The summed E-state index contributed by atoms with van der Waals surface area (Å²) in [6.45, 7) is 21.5. The number of benzene rings is 5. The van der Waals surface area contributed by atoms with Gasteiger partial charge in [-0.1, -0.05) is 113 Å². The summed E-state index contributed by atoms with van der Waals surface area (Å²) in [6.07, 6.45) is 5.30. The number of rotatable bonds is 9. The maximum Gasteiger partial charge on any atom is 0.416 e. The number of alkyl halides is 3. The topological polar surface area (TPSA) is 227 Å². The molecule has 0 bridgehead atoms. The number of fused-ring (bicyclic) bond motifs is 6. The summed E-state index contributed by atoms with van der Waals surface area (Å²) >= 11 is 24.7. The molecule has 20 nitrogen and oxygen atoms in total. The van der Waals surface area contributed by atoms with E-state index in [1.165, 1.54) is 71.2 Å². The average molecular weight is 1580 g/mol. The average Bonchev–Trinajstić information content (AvgIpc) is 1.43. The summed E-state index contributed by atoms with van der Waals surface area (Å²) in [5.74, 6) is -1.00. The van der Waals surface area contributed by atoms with E-state index in [1.54, 1.807) is 36.7 Å². The Balaban J connectivity index is 0.000000128. The van der Waals surface area contributed by atoms with E-state index < -0.39 is 17.2 Å². The first-order valence-corrected chi connectivity index (χ1v) is 38.0. The second kappa shape index (κ2) is 34.5. The lowest BCUT2D eigenvalue weighted by atomic mass is 10.0. The van der Waals surface area contributed by atoms with Crippen LogP contribution in [-0.4, -0.2) is 106 Å². The van der Waals surface area contributed by atoms with Crippen LogP contribution in [0.25, 0.3) is 0 Å². The second-order valence-corrected chi connectivity index (χ2v) is 30.4. The van der Waals surface area contributed by atoms with Gasteiger partial charge < -0.3 is 48.4 Å². The third kappa shape index (κ3) is 18.8. The van der Waals surface area contributed by atoms with E-state index in [1.807, 2.05) is 66.2 Å².